The van der Waals surface area contributed by atoms with Gasteiger partial charge in [0.15, 0.2) is 0 Å². The predicted molar refractivity (Wildman–Crippen MR) is 131 cm³/mol. The SMILES string of the molecule is CC(C)(C)[C@@H](C[N+]1(Cc2ccccc2)CCCC1)NC(=O)Nc1cc(Br)cc(Br)c1.[Br-]. The summed E-state index contributed by atoms with van der Waals surface area (Å²) in [7, 11) is 0. The molecular formula is C24H32Br3N3O. The summed E-state index contributed by atoms with van der Waals surface area (Å²) in [4.78, 5) is 12.9. The molecule has 170 valence electrons. The van der Waals surface area contributed by atoms with Crippen molar-refractivity contribution in [2.24, 2.45) is 5.41 Å². The molecular weight excluding hydrogens is 586 g/mol. The van der Waals surface area contributed by atoms with E-state index in [1.165, 1.54) is 31.5 Å². The lowest BCUT2D eigenvalue weighted by atomic mass is 9.85. The molecule has 1 saturated heterocycles. The van der Waals surface area contributed by atoms with E-state index in [-0.39, 0.29) is 34.5 Å². The van der Waals surface area contributed by atoms with Gasteiger partial charge in [-0.25, -0.2) is 4.79 Å². The van der Waals surface area contributed by atoms with Crippen LogP contribution in [0.3, 0.4) is 0 Å². The number of carbonyl (C=O) groups excluding carboxylic acids is 1. The van der Waals surface area contributed by atoms with Crippen LogP contribution < -0.4 is 27.6 Å². The van der Waals surface area contributed by atoms with Crippen LogP contribution in [0.5, 0.6) is 0 Å². The number of nitrogens with one attached hydrogen (secondary N) is 2. The summed E-state index contributed by atoms with van der Waals surface area (Å²) >= 11 is 6.96. The Balaban J connectivity index is 0.00000341. The highest BCUT2D eigenvalue weighted by molar-refractivity contribution is 9.11. The minimum Gasteiger partial charge on any atom is -1.00 e. The van der Waals surface area contributed by atoms with Crippen molar-refractivity contribution >= 4 is 43.6 Å². The number of quaternary nitrogens is 1. The number of likely N-dealkylation sites (tertiary alicyclic amines) is 1. The second-order valence-electron chi connectivity index (χ2n) is 9.50. The van der Waals surface area contributed by atoms with Crippen LogP contribution in [-0.2, 0) is 6.54 Å². The van der Waals surface area contributed by atoms with Crippen LogP contribution in [0, 0.1) is 5.41 Å². The van der Waals surface area contributed by atoms with Crippen LogP contribution in [0.1, 0.15) is 39.2 Å². The highest BCUT2D eigenvalue weighted by atomic mass is 79.9. The fourth-order valence-corrected chi connectivity index (χ4v) is 5.55. The molecule has 2 aromatic carbocycles. The van der Waals surface area contributed by atoms with E-state index < -0.39 is 0 Å². The number of amides is 2. The van der Waals surface area contributed by atoms with Crippen LogP contribution in [0.2, 0.25) is 0 Å². The highest BCUT2D eigenvalue weighted by Crippen LogP contribution is 2.29. The molecule has 2 amide bonds. The van der Waals surface area contributed by atoms with Gasteiger partial charge in [-0.1, -0.05) is 83.0 Å². The monoisotopic (exact) mass is 615 g/mol. The molecule has 0 saturated carbocycles. The first-order valence-corrected chi connectivity index (χ1v) is 12.2. The molecule has 1 atom stereocenters. The maximum absolute atomic E-state index is 12.9. The molecule has 1 fully saturated rings. The lowest BCUT2D eigenvalue weighted by Gasteiger charge is -2.41. The van der Waals surface area contributed by atoms with E-state index in [9.17, 15) is 4.79 Å². The summed E-state index contributed by atoms with van der Waals surface area (Å²) in [5, 5.41) is 6.28. The third kappa shape index (κ3) is 7.88. The van der Waals surface area contributed by atoms with Crippen molar-refractivity contribution in [1.29, 1.82) is 0 Å². The number of anilines is 1. The van der Waals surface area contributed by atoms with Crippen molar-refractivity contribution in [3.05, 3.63) is 63.0 Å². The Morgan fingerprint density at radius 3 is 2.16 bits per heavy atom. The second kappa shape index (κ2) is 11.3. The van der Waals surface area contributed by atoms with Crippen molar-refractivity contribution in [3.63, 3.8) is 0 Å². The molecule has 3 rings (SSSR count). The number of nitrogens with zero attached hydrogens (tertiary/aromatic N) is 1. The average molecular weight is 618 g/mol. The fourth-order valence-electron chi connectivity index (χ4n) is 4.26. The third-order valence-electron chi connectivity index (χ3n) is 5.92. The fraction of sp³-hybridized carbons (Fsp3) is 0.458. The topological polar surface area (TPSA) is 41.1 Å². The zero-order valence-corrected chi connectivity index (χ0v) is 23.2. The van der Waals surface area contributed by atoms with E-state index in [1.807, 2.05) is 18.2 Å². The largest absolute Gasteiger partial charge is 1.00 e. The Bertz CT molecular complexity index is 842. The van der Waals surface area contributed by atoms with Crippen LogP contribution >= 0.6 is 31.9 Å². The maximum atomic E-state index is 12.9. The summed E-state index contributed by atoms with van der Waals surface area (Å²) in [6.45, 7) is 10.9. The average Bonchev–Trinajstić information content (AvgIpc) is 3.08. The number of hydrogen-bond acceptors (Lipinski definition) is 1. The van der Waals surface area contributed by atoms with Gasteiger partial charge in [0, 0.05) is 33.0 Å². The summed E-state index contributed by atoms with van der Waals surface area (Å²) in [5.74, 6) is 0. The van der Waals surface area contributed by atoms with Gasteiger partial charge in [0.1, 0.15) is 13.1 Å². The Morgan fingerprint density at radius 1 is 1.03 bits per heavy atom. The Labute approximate surface area is 213 Å². The van der Waals surface area contributed by atoms with E-state index in [0.717, 1.165) is 32.2 Å². The molecule has 0 aromatic heterocycles. The van der Waals surface area contributed by atoms with Gasteiger partial charge in [-0.2, -0.15) is 0 Å². The molecule has 0 bridgehead atoms. The highest BCUT2D eigenvalue weighted by Gasteiger charge is 2.39. The number of hydrogen-bond donors (Lipinski definition) is 2. The van der Waals surface area contributed by atoms with Crippen molar-refractivity contribution in [3.8, 4) is 0 Å². The zero-order chi connectivity index (χ0) is 21.8. The molecule has 0 unspecified atom stereocenters. The molecule has 2 aromatic rings. The molecule has 0 aliphatic carbocycles. The summed E-state index contributed by atoms with van der Waals surface area (Å²) in [5.41, 5.74) is 2.09. The van der Waals surface area contributed by atoms with Gasteiger partial charge in [0.05, 0.1) is 19.1 Å². The van der Waals surface area contributed by atoms with E-state index >= 15 is 0 Å². The van der Waals surface area contributed by atoms with Gasteiger partial charge in [0.25, 0.3) is 0 Å². The minimum atomic E-state index is -0.156. The van der Waals surface area contributed by atoms with Gasteiger partial charge in [-0.3, -0.25) is 0 Å². The van der Waals surface area contributed by atoms with Gasteiger partial charge in [0.2, 0.25) is 0 Å². The standard InChI is InChI=1S/C24H31Br2N3O.BrH/c1-24(2,3)22(28-23(30)27-21-14-19(25)13-20(26)15-21)17-29(11-7-8-12-29)16-18-9-5-4-6-10-18;/h4-6,9-10,13-15,22H,7-8,11-12,16-17H2,1-3H3,(H-,27,28,30);1H/t22-;/m1./s1. The van der Waals surface area contributed by atoms with Crippen LogP contribution in [-0.4, -0.2) is 36.2 Å². The van der Waals surface area contributed by atoms with E-state index in [2.05, 4.69) is 93.6 Å². The molecule has 7 heteroatoms. The molecule has 0 radical (unpaired) electrons. The van der Waals surface area contributed by atoms with Gasteiger partial charge in [-0.15, -0.1) is 0 Å². The first kappa shape index (κ1) is 26.4. The zero-order valence-electron chi connectivity index (χ0n) is 18.4. The summed E-state index contributed by atoms with van der Waals surface area (Å²) in [6, 6.07) is 16.4. The van der Waals surface area contributed by atoms with Crippen LogP contribution in [0.4, 0.5) is 10.5 Å². The molecule has 0 spiro atoms. The Morgan fingerprint density at radius 2 is 1.61 bits per heavy atom. The van der Waals surface area contributed by atoms with Gasteiger partial charge in [-0.05, 0) is 23.6 Å². The molecule has 4 nitrogen and oxygen atoms in total. The third-order valence-corrected chi connectivity index (χ3v) is 6.83. The van der Waals surface area contributed by atoms with Crippen LogP contribution in [0.15, 0.2) is 57.5 Å². The van der Waals surface area contributed by atoms with E-state index in [4.69, 9.17) is 0 Å². The smallest absolute Gasteiger partial charge is 0.319 e. The Hall–Kier alpha value is -0.890. The van der Waals surface area contributed by atoms with E-state index in [0.29, 0.717) is 0 Å². The quantitative estimate of drug-likeness (QED) is 0.479. The van der Waals surface area contributed by atoms with Crippen molar-refractivity contribution in [2.45, 2.75) is 46.2 Å². The van der Waals surface area contributed by atoms with Crippen molar-refractivity contribution < 1.29 is 26.3 Å². The van der Waals surface area contributed by atoms with Crippen LogP contribution in [0.25, 0.3) is 0 Å². The summed E-state index contributed by atoms with van der Waals surface area (Å²) in [6.07, 6.45) is 2.50. The first-order valence-electron chi connectivity index (χ1n) is 10.6. The predicted octanol–water partition coefficient (Wildman–Crippen LogP) is 3.56. The summed E-state index contributed by atoms with van der Waals surface area (Å²) < 4.78 is 2.88. The number of halogens is 3. The lowest BCUT2D eigenvalue weighted by Crippen LogP contribution is -3.00. The van der Waals surface area contributed by atoms with Crippen molar-refractivity contribution in [1.82, 2.24) is 5.32 Å². The number of rotatable bonds is 6. The molecule has 1 aliphatic rings. The lowest BCUT2D eigenvalue weighted by molar-refractivity contribution is -0.931. The maximum Gasteiger partial charge on any atom is 0.319 e. The first-order chi connectivity index (χ1) is 14.2. The molecule has 31 heavy (non-hydrogen) atoms. The molecule has 2 N–H and O–H groups in total. The number of urea groups is 1. The number of benzene rings is 2. The van der Waals surface area contributed by atoms with Gasteiger partial charge < -0.3 is 32.1 Å². The number of carbonyl (C=O) groups is 1. The second-order valence-corrected chi connectivity index (χ2v) is 11.3. The van der Waals surface area contributed by atoms with E-state index in [1.54, 1.807) is 0 Å². The Kier molecular flexibility index (Phi) is 9.61. The minimum absolute atomic E-state index is 0. The molecule has 1 heterocycles. The normalized spacial score (nSPS) is 16.3. The van der Waals surface area contributed by atoms with Gasteiger partial charge >= 0.3 is 6.03 Å². The molecule has 1 aliphatic heterocycles. The van der Waals surface area contributed by atoms with Crippen molar-refractivity contribution in [2.75, 3.05) is 25.0 Å².